The second kappa shape index (κ2) is 11.1. The molecule has 0 saturated heterocycles. The second-order valence-corrected chi connectivity index (χ2v) is 18.7. The van der Waals surface area contributed by atoms with E-state index in [1.54, 1.807) is 0 Å². The molecule has 0 fully saturated rings. The maximum Gasteiger partial charge on any atom is 0.172 e. The highest BCUT2D eigenvalue weighted by atomic mass is 31.2. The topological polar surface area (TPSA) is 26.9 Å². The van der Waals surface area contributed by atoms with Crippen molar-refractivity contribution in [1.29, 1.82) is 0 Å². The third kappa shape index (κ3) is 4.06. The van der Waals surface area contributed by atoms with E-state index in [2.05, 4.69) is 170 Å². The highest BCUT2D eigenvalue weighted by Crippen LogP contribution is 2.54. The van der Waals surface area contributed by atoms with Crippen molar-refractivity contribution in [1.82, 2.24) is 9.13 Å². The third-order valence-electron chi connectivity index (χ3n) is 12.5. The van der Waals surface area contributed by atoms with Crippen molar-refractivity contribution in [3.05, 3.63) is 174 Å². The third-order valence-corrected chi connectivity index (χ3v) is 15.6. The number of nitrogens with zero attached hydrogens (tertiary/aromatic N) is 2. The minimum Gasteiger partial charge on any atom is -0.309 e. The molecule has 12 rings (SSSR count). The van der Waals surface area contributed by atoms with Crippen LogP contribution in [0.25, 0.3) is 87.3 Å². The van der Waals surface area contributed by atoms with Crippen LogP contribution in [-0.2, 0) is 4.57 Å². The largest absolute Gasteiger partial charge is 0.309 e. The summed E-state index contributed by atoms with van der Waals surface area (Å²) in [4.78, 5) is 0. The Hall–Kier alpha value is -6.41. The summed E-state index contributed by atoms with van der Waals surface area (Å²) in [6.45, 7) is 8.67. The Morgan fingerprint density at radius 1 is 0.375 bits per heavy atom. The normalized spacial score (nSPS) is 13.6. The number of aromatic nitrogens is 2. The van der Waals surface area contributed by atoms with Gasteiger partial charge in [-0.2, -0.15) is 0 Å². The van der Waals surface area contributed by atoms with Crippen LogP contribution in [0.3, 0.4) is 0 Å². The first kappa shape index (κ1) is 31.9. The van der Waals surface area contributed by atoms with E-state index in [-0.39, 0.29) is 0 Å². The molecule has 3 heterocycles. The van der Waals surface area contributed by atoms with Gasteiger partial charge in [0.1, 0.15) is 0 Å². The molecule has 56 heavy (non-hydrogen) atoms. The van der Waals surface area contributed by atoms with E-state index in [4.69, 9.17) is 0 Å². The molecule has 0 radical (unpaired) electrons. The Balaban J connectivity index is 1.27. The maximum atomic E-state index is 16.5. The van der Waals surface area contributed by atoms with Crippen molar-refractivity contribution < 1.29 is 4.57 Å². The summed E-state index contributed by atoms with van der Waals surface area (Å²) >= 11 is 0. The first-order chi connectivity index (χ1) is 27.3. The molecule has 0 saturated carbocycles. The monoisotopic (exact) mass is 736 g/mol. The Kier molecular flexibility index (Phi) is 6.32. The molecule has 4 heteroatoms. The Morgan fingerprint density at radius 2 is 0.768 bits per heavy atom. The Labute approximate surface area is 324 Å². The standard InChI is InChI=1S/C52H37N2OP/c1-30-10-18-44-38(26-30)39-27-31(2)11-19-45(39)53(44)42-22-24-48-51-36(42)16-14-34-15-17-37-43(23-25-49(52(37)50(34)51)56(48,55)35-8-6-5-7-9-35)54-46-20-12-32(3)28-40(46)41-29-33(4)13-21-47(41)54/h5-29H,1-4H3. The van der Waals surface area contributed by atoms with Gasteiger partial charge in [-0.3, -0.25) is 0 Å². The summed E-state index contributed by atoms with van der Waals surface area (Å²) in [5.41, 5.74) is 11.9. The van der Waals surface area contributed by atoms with Gasteiger partial charge in [0, 0.05) is 59.0 Å². The van der Waals surface area contributed by atoms with E-state index in [0.29, 0.717) is 0 Å². The zero-order chi connectivity index (χ0) is 37.6. The number of aryl methyl sites for hydroxylation is 4. The molecule has 1 aliphatic heterocycles. The van der Waals surface area contributed by atoms with Gasteiger partial charge in [-0.25, -0.2) is 0 Å². The summed E-state index contributed by atoms with van der Waals surface area (Å²) in [7, 11) is -3.34. The van der Waals surface area contributed by atoms with Gasteiger partial charge in [-0.1, -0.05) is 101 Å². The summed E-state index contributed by atoms with van der Waals surface area (Å²) in [6, 6.07) is 55.2. The fraction of sp³-hybridized carbons (Fsp3) is 0.0769. The average molecular weight is 737 g/mol. The molecular weight excluding hydrogens is 700 g/mol. The number of hydrogen-bond donors (Lipinski definition) is 0. The number of fused-ring (bicyclic) bond motifs is 6. The molecule has 9 aromatic carbocycles. The quantitative estimate of drug-likeness (QED) is 0.131. The molecule has 2 aromatic heterocycles. The van der Waals surface area contributed by atoms with E-state index < -0.39 is 7.14 Å². The van der Waals surface area contributed by atoms with Gasteiger partial charge >= 0.3 is 0 Å². The van der Waals surface area contributed by atoms with Crippen LogP contribution in [0.1, 0.15) is 22.3 Å². The van der Waals surface area contributed by atoms with E-state index in [0.717, 1.165) is 54.2 Å². The van der Waals surface area contributed by atoms with Gasteiger partial charge < -0.3 is 13.7 Å². The zero-order valence-corrected chi connectivity index (χ0v) is 32.6. The summed E-state index contributed by atoms with van der Waals surface area (Å²) in [6.07, 6.45) is 0. The van der Waals surface area contributed by atoms with Crippen LogP contribution < -0.4 is 15.9 Å². The summed E-state index contributed by atoms with van der Waals surface area (Å²) < 4.78 is 21.4. The molecule has 0 bridgehead atoms. The van der Waals surface area contributed by atoms with Gasteiger partial charge in [0.2, 0.25) is 0 Å². The predicted molar refractivity (Wildman–Crippen MR) is 240 cm³/mol. The number of hydrogen-bond acceptors (Lipinski definition) is 1. The fourth-order valence-electron chi connectivity index (χ4n) is 10.0. The van der Waals surface area contributed by atoms with Gasteiger partial charge in [0.15, 0.2) is 7.14 Å². The maximum absolute atomic E-state index is 16.5. The molecule has 0 N–H and O–H groups in total. The molecule has 0 aliphatic carbocycles. The molecule has 3 nitrogen and oxygen atoms in total. The molecule has 1 aliphatic rings. The minimum absolute atomic E-state index is 0.861. The number of rotatable bonds is 3. The van der Waals surface area contributed by atoms with E-state index >= 15 is 4.57 Å². The summed E-state index contributed by atoms with van der Waals surface area (Å²) in [5.74, 6) is 0. The van der Waals surface area contributed by atoms with Crippen molar-refractivity contribution in [2.75, 3.05) is 0 Å². The van der Waals surface area contributed by atoms with Crippen LogP contribution in [0.2, 0.25) is 0 Å². The van der Waals surface area contributed by atoms with Crippen LogP contribution >= 0.6 is 7.14 Å². The molecule has 0 spiro atoms. The summed E-state index contributed by atoms with van der Waals surface area (Å²) in [5, 5.41) is 14.4. The number of benzene rings is 9. The zero-order valence-electron chi connectivity index (χ0n) is 31.7. The van der Waals surface area contributed by atoms with E-state index in [1.807, 2.05) is 18.2 Å². The second-order valence-electron chi connectivity index (χ2n) is 16.0. The van der Waals surface area contributed by atoms with Crippen LogP contribution in [0.4, 0.5) is 0 Å². The van der Waals surface area contributed by atoms with Crippen molar-refractivity contribution in [3.8, 4) is 11.4 Å². The molecule has 0 amide bonds. The molecular formula is C52H37N2OP. The lowest BCUT2D eigenvalue weighted by molar-refractivity contribution is 0.592. The highest BCUT2D eigenvalue weighted by Gasteiger charge is 2.38. The van der Waals surface area contributed by atoms with Crippen LogP contribution in [0, 0.1) is 27.7 Å². The van der Waals surface area contributed by atoms with Gasteiger partial charge in [0.05, 0.1) is 33.4 Å². The van der Waals surface area contributed by atoms with Gasteiger partial charge in [-0.15, -0.1) is 0 Å². The molecule has 0 atom stereocenters. The Bertz CT molecular complexity index is 3270. The van der Waals surface area contributed by atoms with E-state index in [1.165, 1.54) is 71.3 Å². The van der Waals surface area contributed by atoms with Crippen LogP contribution in [0.5, 0.6) is 0 Å². The minimum atomic E-state index is -3.34. The lowest BCUT2D eigenvalue weighted by atomic mass is 9.94. The van der Waals surface area contributed by atoms with Crippen LogP contribution in [0.15, 0.2) is 152 Å². The van der Waals surface area contributed by atoms with E-state index in [9.17, 15) is 0 Å². The van der Waals surface area contributed by atoms with Gasteiger partial charge in [0.25, 0.3) is 0 Å². The fourth-order valence-corrected chi connectivity index (χ4v) is 13.1. The van der Waals surface area contributed by atoms with Crippen molar-refractivity contribution in [2.45, 2.75) is 27.7 Å². The van der Waals surface area contributed by atoms with Crippen molar-refractivity contribution >= 4 is 99.0 Å². The SMILES string of the molecule is Cc1ccc2c(c1)c1cc(C)ccc1n2-c1ccc2c3c1ccc1ccc4c(-n5c6ccc(C)cc6c6cc(C)ccc65)ccc(c4c13)P2(=O)c1ccccc1. The Morgan fingerprint density at radius 3 is 1.16 bits per heavy atom. The smallest absolute Gasteiger partial charge is 0.172 e. The van der Waals surface area contributed by atoms with Crippen molar-refractivity contribution in [2.24, 2.45) is 0 Å². The molecule has 0 unspecified atom stereocenters. The highest BCUT2D eigenvalue weighted by molar-refractivity contribution is 7.86. The van der Waals surface area contributed by atoms with Gasteiger partial charge in [-0.05, 0) is 111 Å². The molecule has 266 valence electrons. The lowest BCUT2D eigenvalue weighted by Gasteiger charge is -2.30. The first-order valence-corrected chi connectivity index (χ1v) is 21.2. The first-order valence-electron chi connectivity index (χ1n) is 19.5. The average Bonchev–Trinajstić information content (AvgIpc) is 3.70. The molecule has 11 aromatic rings. The van der Waals surface area contributed by atoms with Crippen LogP contribution in [-0.4, -0.2) is 9.13 Å². The van der Waals surface area contributed by atoms with Crippen molar-refractivity contribution in [3.63, 3.8) is 0 Å². The predicted octanol–water partition coefficient (Wildman–Crippen LogP) is 12.5. The lowest BCUT2D eigenvalue weighted by Crippen LogP contribution is -2.29.